The monoisotopic (exact) mass is 395 g/mol. The molecule has 2 aromatic carbocycles. The summed E-state index contributed by atoms with van der Waals surface area (Å²) in [4.78, 5) is 29.8. The van der Waals surface area contributed by atoms with Crippen molar-refractivity contribution >= 4 is 17.5 Å². The van der Waals surface area contributed by atoms with Crippen LogP contribution in [0.25, 0.3) is 0 Å². The molecule has 154 valence electrons. The fraction of sp³-hybridized carbons (Fsp3) is 0.391. The number of ether oxygens (including phenoxy) is 1. The van der Waals surface area contributed by atoms with Gasteiger partial charge in [-0.3, -0.25) is 9.59 Å². The topological polar surface area (TPSA) is 61.9 Å². The van der Waals surface area contributed by atoms with Gasteiger partial charge >= 0.3 is 0 Å². The van der Waals surface area contributed by atoms with E-state index in [4.69, 9.17) is 4.74 Å². The normalized spacial score (nSPS) is 14.7. The molecule has 0 aromatic heterocycles. The van der Waals surface area contributed by atoms with Gasteiger partial charge in [-0.05, 0) is 43.3 Å². The van der Waals surface area contributed by atoms with E-state index in [1.165, 1.54) is 0 Å². The standard InChI is InChI=1S/C23H29N3O3/c1-17(2)16-29-19-8-6-7-18(15-19)22(27)24-21-10-5-4-9-20(21)23(28)26-13-11-25(3)12-14-26/h4-10,15,17H,11-14,16H2,1-3H3,(H,24,27). The van der Waals surface area contributed by atoms with Crippen LogP contribution >= 0.6 is 0 Å². The molecule has 0 unspecified atom stereocenters. The average Bonchev–Trinajstić information content (AvgIpc) is 2.73. The van der Waals surface area contributed by atoms with Crippen molar-refractivity contribution in [3.8, 4) is 5.75 Å². The van der Waals surface area contributed by atoms with Gasteiger partial charge < -0.3 is 19.9 Å². The Hall–Kier alpha value is -2.86. The lowest BCUT2D eigenvalue weighted by Crippen LogP contribution is -2.47. The first-order valence-electron chi connectivity index (χ1n) is 10.0. The number of likely N-dealkylation sites (N-methyl/N-ethyl adjacent to an activating group) is 1. The number of rotatable bonds is 6. The summed E-state index contributed by atoms with van der Waals surface area (Å²) in [6.45, 7) is 7.82. The van der Waals surface area contributed by atoms with Crippen molar-refractivity contribution in [3.63, 3.8) is 0 Å². The van der Waals surface area contributed by atoms with Gasteiger partial charge in [-0.1, -0.05) is 32.0 Å². The van der Waals surface area contributed by atoms with Crippen molar-refractivity contribution in [1.29, 1.82) is 0 Å². The van der Waals surface area contributed by atoms with E-state index < -0.39 is 0 Å². The lowest BCUT2D eigenvalue weighted by molar-refractivity contribution is 0.0665. The zero-order chi connectivity index (χ0) is 20.8. The van der Waals surface area contributed by atoms with Gasteiger partial charge in [0.1, 0.15) is 5.75 Å². The number of benzene rings is 2. The molecule has 1 aliphatic heterocycles. The van der Waals surface area contributed by atoms with Crippen molar-refractivity contribution in [1.82, 2.24) is 9.80 Å². The van der Waals surface area contributed by atoms with Gasteiger partial charge in [0.05, 0.1) is 17.9 Å². The first-order valence-corrected chi connectivity index (χ1v) is 10.0. The molecule has 0 spiro atoms. The fourth-order valence-electron chi connectivity index (χ4n) is 3.14. The molecule has 6 nitrogen and oxygen atoms in total. The fourth-order valence-corrected chi connectivity index (χ4v) is 3.14. The maximum atomic E-state index is 13.0. The SMILES string of the molecule is CC(C)COc1cccc(C(=O)Nc2ccccc2C(=O)N2CCN(C)CC2)c1. The van der Waals surface area contributed by atoms with Crippen LogP contribution in [0, 0.1) is 5.92 Å². The first-order chi connectivity index (χ1) is 13.9. The van der Waals surface area contributed by atoms with Crippen LogP contribution in [-0.4, -0.2) is 61.4 Å². The smallest absolute Gasteiger partial charge is 0.256 e. The summed E-state index contributed by atoms with van der Waals surface area (Å²) >= 11 is 0. The van der Waals surface area contributed by atoms with Crippen LogP contribution < -0.4 is 10.1 Å². The Bertz CT molecular complexity index is 858. The van der Waals surface area contributed by atoms with Crippen LogP contribution in [0.2, 0.25) is 0 Å². The van der Waals surface area contributed by atoms with Gasteiger partial charge in [0.15, 0.2) is 0 Å². The molecule has 1 saturated heterocycles. The van der Waals surface area contributed by atoms with Crippen LogP contribution in [0.3, 0.4) is 0 Å². The van der Waals surface area contributed by atoms with Gasteiger partial charge in [-0.2, -0.15) is 0 Å². The summed E-state index contributed by atoms with van der Waals surface area (Å²) in [6, 6.07) is 14.3. The van der Waals surface area contributed by atoms with E-state index in [0.29, 0.717) is 48.2 Å². The van der Waals surface area contributed by atoms with E-state index in [9.17, 15) is 9.59 Å². The summed E-state index contributed by atoms with van der Waals surface area (Å²) in [5, 5.41) is 2.90. The lowest BCUT2D eigenvalue weighted by Gasteiger charge is -2.32. The van der Waals surface area contributed by atoms with Crippen LogP contribution in [0.15, 0.2) is 48.5 Å². The molecular formula is C23H29N3O3. The van der Waals surface area contributed by atoms with Gasteiger partial charge in [0, 0.05) is 31.7 Å². The van der Waals surface area contributed by atoms with E-state index >= 15 is 0 Å². The van der Waals surface area contributed by atoms with Crippen molar-refractivity contribution in [2.24, 2.45) is 5.92 Å². The van der Waals surface area contributed by atoms with Gasteiger partial charge in [-0.25, -0.2) is 0 Å². The summed E-state index contributed by atoms with van der Waals surface area (Å²) in [6.07, 6.45) is 0. The Labute approximate surface area is 172 Å². The molecule has 1 fully saturated rings. The number of anilines is 1. The molecule has 1 aliphatic rings. The van der Waals surface area contributed by atoms with E-state index in [0.717, 1.165) is 13.1 Å². The number of nitrogens with zero attached hydrogens (tertiary/aromatic N) is 2. The maximum absolute atomic E-state index is 13.0. The highest BCUT2D eigenvalue weighted by atomic mass is 16.5. The highest BCUT2D eigenvalue weighted by Gasteiger charge is 2.23. The Morgan fingerprint density at radius 1 is 1.03 bits per heavy atom. The third kappa shape index (κ3) is 5.57. The second kappa shape index (κ2) is 9.56. The number of carbonyl (C=O) groups is 2. The van der Waals surface area contributed by atoms with Crippen LogP contribution in [0.4, 0.5) is 5.69 Å². The Balaban J connectivity index is 1.73. The second-order valence-corrected chi connectivity index (χ2v) is 7.83. The lowest BCUT2D eigenvalue weighted by atomic mass is 10.1. The third-order valence-corrected chi connectivity index (χ3v) is 4.88. The van der Waals surface area contributed by atoms with Gasteiger partial charge in [-0.15, -0.1) is 0 Å². The van der Waals surface area contributed by atoms with Crippen LogP contribution in [-0.2, 0) is 0 Å². The Morgan fingerprint density at radius 2 is 1.76 bits per heavy atom. The molecule has 3 rings (SSSR count). The van der Waals surface area contributed by atoms with Crippen LogP contribution in [0.1, 0.15) is 34.6 Å². The molecule has 0 radical (unpaired) electrons. The molecule has 0 atom stereocenters. The number of piperazine rings is 1. The number of nitrogens with one attached hydrogen (secondary N) is 1. The van der Waals surface area contributed by atoms with Crippen LogP contribution in [0.5, 0.6) is 5.75 Å². The Morgan fingerprint density at radius 3 is 2.48 bits per heavy atom. The third-order valence-electron chi connectivity index (χ3n) is 4.88. The van der Waals surface area contributed by atoms with E-state index in [-0.39, 0.29) is 11.8 Å². The van der Waals surface area contributed by atoms with E-state index in [1.807, 2.05) is 23.1 Å². The van der Waals surface area contributed by atoms with Crippen molar-refractivity contribution in [2.75, 3.05) is 45.2 Å². The van der Waals surface area contributed by atoms with Gasteiger partial charge in [0.2, 0.25) is 0 Å². The molecule has 29 heavy (non-hydrogen) atoms. The minimum absolute atomic E-state index is 0.0528. The molecule has 0 saturated carbocycles. The first kappa shape index (κ1) is 20.9. The minimum atomic E-state index is -0.265. The molecule has 0 bridgehead atoms. The summed E-state index contributed by atoms with van der Waals surface area (Å²) in [5.41, 5.74) is 1.53. The predicted molar refractivity (Wildman–Crippen MR) is 115 cm³/mol. The number of hydrogen-bond donors (Lipinski definition) is 1. The summed E-state index contributed by atoms with van der Waals surface area (Å²) in [5.74, 6) is 0.745. The number of hydrogen-bond acceptors (Lipinski definition) is 4. The molecule has 0 aliphatic carbocycles. The summed E-state index contributed by atoms with van der Waals surface area (Å²) in [7, 11) is 2.05. The number of carbonyl (C=O) groups excluding carboxylic acids is 2. The number of para-hydroxylation sites is 1. The molecule has 2 aromatic rings. The minimum Gasteiger partial charge on any atom is -0.493 e. The van der Waals surface area contributed by atoms with E-state index in [2.05, 4.69) is 31.1 Å². The second-order valence-electron chi connectivity index (χ2n) is 7.83. The van der Waals surface area contributed by atoms with Crippen molar-refractivity contribution in [3.05, 3.63) is 59.7 Å². The van der Waals surface area contributed by atoms with Crippen molar-refractivity contribution < 1.29 is 14.3 Å². The van der Waals surface area contributed by atoms with E-state index in [1.54, 1.807) is 30.3 Å². The Kier molecular flexibility index (Phi) is 6.88. The van der Waals surface area contributed by atoms with Gasteiger partial charge in [0.25, 0.3) is 11.8 Å². The largest absolute Gasteiger partial charge is 0.493 e. The quantitative estimate of drug-likeness (QED) is 0.815. The highest BCUT2D eigenvalue weighted by molar-refractivity contribution is 6.09. The zero-order valence-electron chi connectivity index (χ0n) is 17.4. The molecular weight excluding hydrogens is 366 g/mol. The number of amides is 2. The van der Waals surface area contributed by atoms with Crippen molar-refractivity contribution in [2.45, 2.75) is 13.8 Å². The average molecular weight is 396 g/mol. The molecule has 6 heteroatoms. The molecule has 1 heterocycles. The predicted octanol–water partition coefficient (Wildman–Crippen LogP) is 3.36. The molecule has 1 N–H and O–H groups in total. The molecule has 2 amide bonds. The highest BCUT2D eigenvalue weighted by Crippen LogP contribution is 2.21. The zero-order valence-corrected chi connectivity index (χ0v) is 17.4. The maximum Gasteiger partial charge on any atom is 0.256 e. The summed E-state index contributed by atoms with van der Waals surface area (Å²) < 4.78 is 5.71.